The summed E-state index contributed by atoms with van der Waals surface area (Å²) < 4.78 is 4.92. The number of ether oxygens (including phenoxy) is 1. The van der Waals surface area contributed by atoms with Crippen molar-refractivity contribution in [1.82, 2.24) is 15.2 Å². The number of carbonyl (C=O) groups is 2. The van der Waals surface area contributed by atoms with Gasteiger partial charge in [0.1, 0.15) is 0 Å². The van der Waals surface area contributed by atoms with Crippen LogP contribution in [0.25, 0.3) is 11.3 Å². The Morgan fingerprint density at radius 2 is 1.90 bits per heavy atom. The average molecular weight is 438 g/mol. The van der Waals surface area contributed by atoms with Crippen molar-refractivity contribution in [3.63, 3.8) is 0 Å². The Hall–Kier alpha value is -3.33. The fourth-order valence-electron chi connectivity index (χ4n) is 3.46. The number of piperidine rings is 1. The van der Waals surface area contributed by atoms with Crippen molar-refractivity contribution in [1.29, 1.82) is 0 Å². The number of hydrogen-bond acceptors (Lipinski definition) is 8. The summed E-state index contributed by atoms with van der Waals surface area (Å²) in [7, 11) is 0. The molecule has 1 amide bonds. The first kappa shape index (κ1) is 20.9. The second-order valence-electron chi connectivity index (χ2n) is 7.15. The molecule has 4 rings (SSSR count). The minimum absolute atomic E-state index is 0.0741. The number of anilines is 2. The largest absolute Gasteiger partial charge is 0.461 e. The van der Waals surface area contributed by atoms with E-state index in [9.17, 15) is 9.59 Å². The second-order valence-corrected chi connectivity index (χ2v) is 8.01. The molecule has 1 aliphatic rings. The molecular formula is C22H23N5O3S. The number of amides is 1. The van der Waals surface area contributed by atoms with Crippen LogP contribution in [0.1, 0.15) is 30.3 Å². The normalized spacial score (nSPS) is 14.3. The van der Waals surface area contributed by atoms with Gasteiger partial charge in [0.05, 0.1) is 12.3 Å². The van der Waals surface area contributed by atoms with E-state index in [1.165, 1.54) is 11.3 Å². The fraction of sp³-hybridized carbons (Fsp3) is 0.318. The third kappa shape index (κ3) is 5.05. The standard InChI is InChI=1S/C22H23N5O3S/c1-2-30-21(29)18-14-31-22(23-18)24-20(28)16-10-12-27(13-11-16)19-9-8-17(25-26-19)15-6-4-3-5-7-15/h3-9,14,16H,2,10-13H2,1H3,(H,23,24,28). The lowest BCUT2D eigenvalue weighted by Gasteiger charge is -2.31. The number of carbonyl (C=O) groups excluding carboxylic acids is 2. The first-order chi connectivity index (χ1) is 15.1. The molecule has 0 bridgehead atoms. The lowest BCUT2D eigenvalue weighted by molar-refractivity contribution is -0.120. The summed E-state index contributed by atoms with van der Waals surface area (Å²) >= 11 is 1.22. The lowest BCUT2D eigenvalue weighted by atomic mass is 9.96. The molecule has 2 aromatic heterocycles. The molecule has 9 heteroatoms. The van der Waals surface area contributed by atoms with Crippen LogP contribution < -0.4 is 10.2 Å². The molecule has 8 nitrogen and oxygen atoms in total. The van der Waals surface area contributed by atoms with Crippen LogP contribution in [0.3, 0.4) is 0 Å². The highest BCUT2D eigenvalue weighted by Gasteiger charge is 2.26. The molecule has 1 N–H and O–H groups in total. The molecule has 1 aliphatic heterocycles. The molecule has 0 atom stereocenters. The lowest BCUT2D eigenvalue weighted by Crippen LogP contribution is -2.38. The molecule has 0 saturated carbocycles. The predicted octanol–water partition coefficient (Wildman–Crippen LogP) is 3.63. The van der Waals surface area contributed by atoms with E-state index in [-0.39, 0.29) is 24.1 Å². The van der Waals surface area contributed by atoms with Gasteiger partial charge in [-0.3, -0.25) is 4.79 Å². The third-order valence-corrected chi connectivity index (χ3v) is 5.89. The number of esters is 1. The Balaban J connectivity index is 1.30. The van der Waals surface area contributed by atoms with Gasteiger partial charge in [-0.05, 0) is 31.9 Å². The van der Waals surface area contributed by atoms with Gasteiger partial charge in [0.25, 0.3) is 0 Å². The minimum Gasteiger partial charge on any atom is -0.461 e. The highest BCUT2D eigenvalue weighted by atomic mass is 32.1. The fourth-order valence-corrected chi connectivity index (χ4v) is 4.15. The summed E-state index contributed by atoms with van der Waals surface area (Å²) in [5, 5.41) is 13.6. The molecule has 1 fully saturated rings. The van der Waals surface area contributed by atoms with E-state index < -0.39 is 5.97 Å². The van der Waals surface area contributed by atoms with Gasteiger partial charge in [-0.1, -0.05) is 30.3 Å². The van der Waals surface area contributed by atoms with Gasteiger partial charge in [0.2, 0.25) is 5.91 Å². The smallest absolute Gasteiger partial charge is 0.357 e. The molecule has 3 aromatic rings. The van der Waals surface area contributed by atoms with E-state index in [0.29, 0.717) is 18.0 Å². The van der Waals surface area contributed by atoms with E-state index in [4.69, 9.17) is 4.74 Å². The van der Waals surface area contributed by atoms with Crippen LogP contribution >= 0.6 is 11.3 Å². The summed E-state index contributed by atoms with van der Waals surface area (Å²) in [6.45, 7) is 3.48. The maximum atomic E-state index is 12.6. The Labute approximate surface area is 184 Å². The third-order valence-electron chi connectivity index (χ3n) is 5.13. The molecule has 1 saturated heterocycles. The van der Waals surface area contributed by atoms with E-state index in [1.54, 1.807) is 12.3 Å². The average Bonchev–Trinajstić information content (AvgIpc) is 3.29. The highest BCUT2D eigenvalue weighted by Crippen LogP contribution is 2.25. The molecule has 160 valence electrons. The Morgan fingerprint density at radius 1 is 1.13 bits per heavy atom. The van der Waals surface area contributed by atoms with Crippen LogP contribution in [-0.2, 0) is 9.53 Å². The molecule has 3 heterocycles. The summed E-state index contributed by atoms with van der Waals surface area (Å²) in [4.78, 5) is 30.6. The van der Waals surface area contributed by atoms with Crippen LogP contribution in [0, 0.1) is 5.92 Å². The van der Waals surface area contributed by atoms with Gasteiger partial charge >= 0.3 is 5.97 Å². The first-order valence-corrected chi connectivity index (χ1v) is 11.1. The minimum atomic E-state index is -0.480. The number of rotatable bonds is 6. The van der Waals surface area contributed by atoms with Crippen molar-refractivity contribution in [2.24, 2.45) is 5.92 Å². The molecule has 0 radical (unpaired) electrons. The van der Waals surface area contributed by atoms with Crippen LogP contribution in [0.2, 0.25) is 0 Å². The summed E-state index contributed by atoms with van der Waals surface area (Å²) in [6, 6.07) is 13.9. The van der Waals surface area contributed by atoms with Crippen LogP contribution in [0.15, 0.2) is 47.8 Å². The maximum absolute atomic E-state index is 12.6. The maximum Gasteiger partial charge on any atom is 0.357 e. The topological polar surface area (TPSA) is 97.3 Å². The first-order valence-electron chi connectivity index (χ1n) is 10.2. The second kappa shape index (κ2) is 9.65. The van der Waals surface area contributed by atoms with Crippen molar-refractivity contribution in [2.75, 3.05) is 29.9 Å². The van der Waals surface area contributed by atoms with Gasteiger partial charge in [0, 0.05) is 30.0 Å². The molecule has 0 spiro atoms. The van der Waals surface area contributed by atoms with Gasteiger partial charge in [-0.15, -0.1) is 21.5 Å². The molecule has 1 aromatic carbocycles. The van der Waals surface area contributed by atoms with E-state index in [0.717, 1.165) is 30.2 Å². The molecule has 0 aliphatic carbocycles. The number of hydrogen-bond donors (Lipinski definition) is 1. The van der Waals surface area contributed by atoms with Crippen molar-refractivity contribution in [3.05, 3.63) is 53.5 Å². The summed E-state index contributed by atoms with van der Waals surface area (Å²) in [5.41, 5.74) is 2.09. The van der Waals surface area contributed by atoms with E-state index in [2.05, 4.69) is 25.4 Å². The van der Waals surface area contributed by atoms with Crippen molar-refractivity contribution < 1.29 is 14.3 Å². The SMILES string of the molecule is CCOC(=O)c1csc(NC(=O)C2CCN(c3ccc(-c4ccccc4)nn3)CC2)n1. The summed E-state index contributed by atoms with van der Waals surface area (Å²) in [6.07, 6.45) is 1.42. The van der Waals surface area contributed by atoms with Crippen molar-refractivity contribution in [2.45, 2.75) is 19.8 Å². The number of nitrogens with one attached hydrogen (secondary N) is 1. The van der Waals surface area contributed by atoms with Crippen molar-refractivity contribution in [3.8, 4) is 11.3 Å². The van der Waals surface area contributed by atoms with Crippen LogP contribution in [0.4, 0.5) is 10.9 Å². The monoisotopic (exact) mass is 437 g/mol. The number of nitrogens with zero attached hydrogens (tertiary/aromatic N) is 4. The van der Waals surface area contributed by atoms with Gasteiger partial charge < -0.3 is 15.0 Å². The van der Waals surface area contributed by atoms with Crippen LogP contribution in [0.5, 0.6) is 0 Å². The predicted molar refractivity (Wildman–Crippen MR) is 119 cm³/mol. The van der Waals surface area contributed by atoms with Gasteiger partial charge in [-0.2, -0.15) is 0 Å². The van der Waals surface area contributed by atoms with Crippen LogP contribution in [-0.4, -0.2) is 46.8 Å². The molecular weight excluding hydrogens is 414 g/mol. The number of thiazole rings is 1. The number of aromatic nitrogens is 3. The van der Waals surface area contributed by atoms with Crippen molar-refractivity contribution >= 4 is 34.2 Å². The molecule has 31 heavy (non-hydrogen) atoms. The Kier molecular flexibility index (Phi) is 6.51. The zero-order valence-electron chi connectivity index (χ0n) is 17.2. The van der Waals surface area contributed by atoms with Gasteiger partial charge in [-0.25, -0.2) is 9.78 Å². The van der Waals surface area contributed by atoms with E-state index >= 15 is 0 Å². The Morgan fingerprint density at radius 3 is 2.58 bits per heavy atom. The van der Waals surface area contributed by atoms with E-state index in [1.807, 2.05) is 42.5 Å². The zero-order valence-corrected chi connectivity index (χ0v) is 18.0. The zero-order chi connectivity index (χ0) is 21.6. The number of benzene rings is 1. The molecule has 0 unspecified atom stereocenters. The van der Waals surface area contributed by atoms with Gasteiger partial charge in [0.15, 0.2) is 16.6 Å². The highest BCUT2D eigenvalue weighted by molar-refractivity contribution is 7.14. The quantitative estimate of drug-likeness (QED) is 0.588. The summed E-state index contributed by atoms with van der Waals surface area (Å²) in [5.74, 6) is 0.155. The Bertz CT molecular complexity index is 1030.